The zero-order valence-electron chi connectivity index (χ0n) is 12.8. The molecule has 0 saturated carbocycles. The lowest BCUT2D eigenvalue weighted by atomic mass is 10.2. The van der Waals surface area contributed by atoms with Crippen molar-refractivity contribution in [2.24, 2.45) is 0 Å². The number of sulfonamides is 1. The van der Waals surface area contributed by atoms with Crippen LogP contribution in [0.1, 0.15) is 22.5 Å². The lowest BCUT2D eigenvalue weighted by Gasteiger charge is -2.12. The van der Waals surface area contributed by atoms with E-state index in [2.05, 4.69) is 19.7 Å². The Morgan fingerprint density at radius 1 is 1.33 bits per heavy atom. The van der Waals surface area contributed by atoms with Crippen LogP contribution in [-0.2, 0) is 21.3 Å². The highest BCUT2D eigenvalue weighted by atomic mass is 32.2. The average Bonchev–Trinajstić information content (AvgIpc) is 3.26. The van der Waals surface area contributed by atoms with E-state index in [1.165, 1.54) is 24.5 Å². The van der Waals surface area contributed by atoms with Crippen LogP contribution in [0.4, 0.5) is 0 Å². The summed E-state index contributed by atoms with van der Waals surface area (Å²) in [5, 5.41) is 6.35. The molecule has 0 bridgehead atoms. The number of ether oxygens (including phenoxy) is 1. The fourth-order valence-electron chi connectivity index (χ4n) is 2.32. The molecule has 1 aromatic heterocycles. The first kappa shape index (κ1) is 16.6. The van der Waals surface area contributed by atoms with Crippen LogP contribution in [0.15, 0.2) is 46.0 Å². The lowest BCUT2D eigenvalue weighted by molar-refractivity contribution is 0.0950. The van der Waals surface area contributed by atoms with Gasteiger partial charge >= 0.3 is 0 Å². The van der Waals surface area contributed by atoms with Gasteiger partial charge in [0.2, 0.25) is 10.0 Å². The molecule has 0 unspecified atom stereocenters. The molecule has 128 valence electrons. The molecule has 1 aliphatic rings. The summed E-state index contributed by atoms with van der Waals surface area (Å²) in [5.74, 6) is -0.390. The number of nitrogens with one attached hydrogen (secondary N) is 2. The van der Waals surface area contributed by atoms with Gasteiger partial charge in [0.25, 0.3) is 5.91 Å². The second-order valence-corrected chi connectivity index (χ2v) is 7.10. The maximum atomic E-state index is 12.4. The van der Waals surface area contributed by atoms with Crippen LogP contribution in [0.25, 0.3) is 0 Å². The van der Waals surface area contributed by atoms with Crippen molar-refractivity contribution < 1.29 is 22.5 Å². The van der Waals surface area contributed by atoms with Gasteiger partial charge in [-0.15, -0.1) is 0 Å². The lowest BCUT2D eigenvalue weighted by Crippen LogP contribution is -2.35. The van der Waals surface area contributed by atoms with Crippen LogP contribution in [-0.4, -0.2) is 38.7 Å². The zero-order valence-corrected chi connectivity index (χ0v) is 13.6. The molecule has 24 heavy (non-hydrogen) atoms. The molecular formula is C15H17N3O5S. The molecule has 1 fully saturated rings. The van der Waals surface area contributed by atoms with E-state index in [0.29, 0.717) is 25.3 Å². The van der Waals surface area contributed by atoms with Crippen molar-refractivity contribution in [3.63, 3.8) is 0 Å². The van der Waals surface area contributed by atoms with Crippen molar-refractivity contribution in [2.75, 3.05) is 13.2 Å². The average molecular weight is 351 g/mol. The second-order valence-electron chi connectivity index (χ2n) is 5.38. The number of carbonyl (C=O) groups excluding carboxylic acids is 1. The molecule has 0 spiro atoms. The smallest absolute Gasteiger partial charge is 0.251 e. The van der Waals surface area contributed by atoms with Crippen LogP contribution >= 0.6 is 0 Å². The van der Waals surface area contributed by atoms with Crippen molar-refractivity contribution >= 4 is 15.9 Å². The van der Waals surface area contributed by atoms with E-state index in [0.717, 1.165) is 0 Å². The number of hydrogen-bond donors (Lipinski definition) is 2. The van der Waals surface area contributed by atoms with Crippen LogP contribution in [0.2, 0.25) is 0 Å². The van der Waals surface area contributed by atoms with E-state index in [1.807, 2.05) is 0 Å². The fraction of sp³-hybridized carbons (Fsp3) is 0.333. The van der Waals surface area contributed by atoms with Gasteiger partial charge in [0.05, 0.1) is 18.0 Å². The molecule has 8 nitrogen and oxygen atoms in total. The zero-order chi connectivity index (χ0) is 17.0. The highest BCUT2D eigenvalue weighted by Crippen LogP contribution is 2.14. The van der Waals surface area contributed by atoms with Crippen LogP contribution in [0, 0.1) is 0 Å². The van der Waals surface area contributed by atoms with Gasteiger partial charge in [-0.1, -0.05) is 11.2 Å². The first-order valence-corrected chi connectivity index (χ1v) is 8.90. The van der Waals surface area contributed by atoms with Gasteiger partial charge in [-0.3, -0.25) is 4.79 Å². The van der Waals surface area contributed by atoms with Gasteiger partial charge in [0.1, 0.15) is 12.0 Å². The highest BCUT2D eigenvalue weighted by molar-refractivity contribution is 7.89. The minimum absolute atomic E-state index is 0.0449. The summed E-state index contributed by atoms with van der Waals surface area (Å²) in [7, 11) is -3.70. The molecular weight excluding hydrogens is 334 g/mol. The Bertz CT molecular complexity index is 798. The SMILES string of the molecule is O=C(NCc1ccon1)c1cccc(S(=O)(=O)N[C@@H]2CCOC2)c1. The van der Waals surface area contributed by atoms with Crippen molar-refractivity contribution in [3.05, 3.63) is 47.9 Å². The van der Waals surface area contributed by atoms with Crippen LogP contribution in [0.3, 0.4) is 0 Å². The number of rotatable bonds is 6. The van der Waals surface area contributed by atoms with Crippen molar-refractivity contribution in [1.29, 1.82) is 0 Å². The maximum Gasteiger partial charge on any atom is 0.251 e. The summed E-state index contributed by atoms with van der Waals surface area (Å²) in [6.45, 7) is 1.10. The monoisotopic (exact) mass is 351 g/mol. The van der Waals surface area contributed by atoms with Crippen molar-refractivity contribution in [3.8, 4) is 0 Å². The minimum atomic E-state index is -3.70. The Balaban J connectivity index is 1.69. The number of aromatic nitrogens is 1. The number of nitrogens with zero attached hydrogens (tertiary/aromatic N) is 1. The normalized spacial score (nSPS) is 17.8. The van der Waals surface area contributed by atoms with Gasteiger partial charge in [-0.2, -0.15) is 0 Å². The molecule has 2 heterocycles. The molecule has 9 heteroatoms. The van der Waals surface area contributed by atoms with E-state index in [4.69, 9.17) is 4.74 Å². The maximum absolute atomic E-state index is 12.4. The summed E-state index contributed by atoms with van der Waals surface area (Å²) in [6, 6.07) is 7.28. The number of amides is 1. The van der Waals surface area contributed by atoms with Gasteiger partial charge in [-0.05, 0) is 24.6 Å². The molecule has 3 rings (SSSR count). The first-order valence-electron chi connectivity index (χ1n) is 7.42. The van der Waals surface area contributed by atoms with E-state index >= 15 is 0 Å². The Labute approximate surface area is 139 Å². The molecule has 2 aromatic rings. The van der Waals surface area contributed by atoms with Crippen LogP contribution in [0.5, 0.6) is 0 Å². The predicted molar refractivity (Wildman–Crippen MR) is 83.7 cm³/mol. The Morgan fingerprint density at radius 3 is 2.92 bits per heavy atom. The molecule has 0 aliphatic carbocycles. The third-order valence-electron chi connectivity index (χ3n) is 3.58. The number of benzene rings is 1. The van der Waals surface area contributed by atoms with Crippen molar-refractivity contribution in [1.82, 2.24) is 15.2 Å². The van der Waals surface area contributed by atoms with Crippen LogP contribution < -0.4 is 10.0 Å². The van der Waals surface area contributed by atoms with Gasteiger partial charge in [0.15, 0.2) is 0 Å². The molecule has 0 radical (unpaired) electrons. The Kier molecular flexibility index (Phi) is 4.93. The molecule has 1 saturated heterocycles. The second kappa shape index (κ2) is 7.12. The molecule has 1 amide bonds. The summed E-state index contributed by atoms with van der Waals surface area (Å²) in [5.41, 5.74) is 0.832. The fourth-order valence-corrected chi connectivity index (χ4v) is 3.62. The summed E-state index contributed by atoms with van der Waals surface area (Å²) >= 11 is 0. The first-order chi connectivity index (χ1) is 11.5. The largest absolute Gasteiger partial charge is 0.380 e. The molecule has 2 N–H and O–H groups in total. The van der Waals surface area contributed by atoms with Gasteiger partial charge in [0, 0.05) is 24.3 Å². The van der Waals surface area contributed by atoms with E-state index in [9.17, 15) is 13.2 Å². The standard InChI is InChI=1S/C15H17N3O5S/c19-15(16-9-12-5-7-23-17-12)11-2-1-3-14(8-11)24(20,21)18-13-4-6-22-10-13/h1-3,5,7-8,13,18H,4,6,9-10H2,(H,16,19)/t13-/m1/s1. The van der Waals surface area contributed by atoms with E-state index in [1.54, 1.807) is 12.1 Å². The Hall–Kier alpha value is -2.23. The van der Waals surface area contributed by atoms with Gasteiger partial charge < -0.3 is 14.6 Å². The molecule has 1 atom stereocenters. The Morgan fingerprint density at radius 2 is 2.21 bits per heavy atom. The van der Waals surface area contributed by atoms with Gasteiger partial charge in [-0.25, -0.2) is 13.1 Å². The molecule has 1 aromatic carbocycles. The minimum Gasteiger partial charge on any atom is -0.380 e. The third kappa shape index (κ3) is 3.99. The third-order valence-corrected chi connectivity index (χ3v) is 5.10. The predicted octanol–water partition coefficient (Wildman–Crippen LogP) is 0.672. The number of hydrogen-bond acceptors (Lipinski definition) is 6. The topological polar surface area (TPSA) is 111 Å². The summed E-state index contributed by atoms with van der Waals surface area (Å²) in [6.07, 6.45) is 2.05. The number of carbonyl (C=O) groups is 1. The molecule has 1 aliphatic heterocycles. The van der Waals surface area contributed by atoms with E-state index in [-0.39, 0.29) is 29.0 Å². The summed E-state index contributed by atoms with van der Waals surface area (Å²) < 4.78 is 37.2. The highest BCUT2D eigenvalue weighted by Gasteiger charge is 2.24. The van der Waals surface area contributed by atoms with Crippen molar-refractivity contribution in [2.45, 2.75) is 23.9 Å². The summed E-state index contributed by atoms with van der Waals surface area (Å²) in [4.78, 5) is 12.2. The quantitative estimate of drug-likeness (QED) is 0.791. The van der Waals surface area contributed by atoms with E-state index < -0.39 is 10.0 Å².